The number of esters is 1. The Hall–Kier alpha value is -2.03. The molecule has 0 bridgehead atoms. The third-order valence-electron chi connectivity index (χ3n) is 1.38. The molecule has 15 heavy (non-hydrogen) atoms. The van der Waals surface area contributed by atoms with Gasteiger partial charge in [-0.05, 0) is 6.92 Å². The number of carbonyl (C=O) groups excluding carboxylic acids is 2. The predicted molar refractivity (Wildman–Crippen MR) is 50.6 cm³/mol. The number of rotatable bonds is 4. The van der Waals surface area contributed by atoms with Crippen molar-refractivity contribution in [3.05, 3.63) is 11.3 Å². The first-order valence-corrected chi connectivity index (χ1v) is 4.26. The maximum Gasteiger partial charge on any atom is 0.352 e. The van der Waals surface area contributed by atoms with Crippen LogP contribution in [0, 0.1) is 11.3 Å². The smallest absolute Gasteiger partial charge is 0.352 e. The fraction of sp³-hybridized carbons (Fsp3) is 0.444. The van der Waals surface area contributed by atoms with Crippen LogP contribution in [0.4, 0.5) is 0 Å². The molecule has 0 saturated carbocycles. The molecule has 0 spiro atoms. The van der Waals surface area contributed by atoms with Gasteiger partial charge in [-0.2, -0.15) is 5.26 Å². The van der Waals surface area contributed by atoms with E-state index in [1.165, 1.54) is 13.0 Å². The number of hydrogen-bond donors (Lipinski definition) is 2. The van der Waals surface area contributed by atoms with E-state index in [-0.39, 0.29) is 19.1 Å². The second-order valence-electron chi connectivity index (χ2n) is 2.56. The molecule has 0 heterocycles. The van der Waals surface area contributed by atoms with Crippen LogP contribution in [0.2, 0.25) is 0 Å². The normalized spacial score (nSPS) is 11.0. The summed E-state index contributed by atoms with van der Waals surface area (Å²) < 4.78 is 4.53. The number of hydrogen-bond acceptors (Lipinski definition) is 5. The van der Waals surface area contributed by atoms with Crippen molar-refractivity contribution < 1.29 is 19.4 Å². The molecule has 0 saturated heterocycles. The van der Waals surface area contributed by atoms with Crippen LogP contribution in [0.3, 0.4) is 0 Å². The van der Waals surface area contributed by atoms with Crippen molar-refractivity contribution in [1.29, 1.82) is 5.26 Å². The number of aliphatic hydroxyl groups excluding tert-OH is 1. The summed E-state index contributed by atoms with van der Waals surface area (Å²) in [6.07, 6.45) is 0. The molecule has 0 aromatic heterocycles. The average molecular weight is 212 g/mol. The second-order valence-corrected chi connectivity index (χ2v) is 2.56. The minimum absolute atomic E-state index is 0.109. The summed E-state index contributed by atoms with van der Waals surface area (Å²) in [7, 11) is 0. The van der Waals surface area contributed by atoms with Gasteiger partial charge >= 0.3 is 5.97 Å². The lowest BCUT2D eigenvalue weighted by molar-refractivity contribution is -0.138. The van der Waals surface area contributed by atoms with E-state index in [9.17, 15) is 14.7 Å². The van der Waals surface area contributed by atoms with Crippen LogP contribution in [0.5, 0.6) is 0 Å². The van der Waals surface area contributed by atoms with Crippen LogP contribution in [-0.4, -0.2) is 30.1 Å². The third-order valence-corrected chi connectivity index (χ3v) is 1.38. The fourth-order valence-corrected chi connectivity index (χ4v) is 0.728. The first-order chi connectivity index (χ1) is 7.02. The quantitative estimate of drug-likeness (QED) is 0.296. The van der Waals surface area contributed by atoms with Gasteiger partial charge in [0.2, 0.25) is 5.91 Å². The Kier molecular flexibility index (Phi) is 5.56. The molecule has 0 fully saturated rings. The molecule has 0 unspecified atom stereocenters. The summed E-state index contributed by atoms with van der Waals surface area (Å²) in [6, 6.07) is 1.51. The van der Waals surface area contributed by atoms with E-state index < -0.39 is 17.3 Å². The Labute approximate surface area is 87.1 Å². The number of amides is 1. The molecule has 0 aliphatic carbocycles. The zero-order chi connectivity index (χ0) is 11.8. The molecule has 0 aromatic rings. The topological polar surface area (TPSA) is 99.4 Å². The van der Waals surface area contributed by atoms with Gasteiger partial charge < -0.3 is 15.2 Å². The molecule has 0 aliphatic rings. The van der Waals surface area contributed by atoms with Crippen molar-refractivity contribution in [3.63, 3.8) is 0 Å². The standard InChI is InChI=1S/C9H12N2O4/c1-3-15-9(14)7(4-10)8(13)5-11-6(2)12/h13H,3,5H2,1-2H3,(H,11,12)/b8-7-. The van der Waals surface area contributed by atoms with Crippen molar-refractivity contribution in [2.24, 2.45) is 0 Å². The van der Waals surface area contributed by atoms with Gasteiger partial charge in [0.15, 0.2) is 5.57 Å². The van der Waals surface area contributed by atoms with Gasteiger partial charge in [0.1, 0.15) is 11.8 Å². The van der Waals surface area contributed by atoms with Crippen molar-refractivity contribution in [2.45, 2.75) is 13.8 Å². The maximum absolute atomic E-state index is 11.1. The average Bonchev–Trinajstić information content (AvgIpc) is 2.16. The molecule has 6 heteroatoms. The van der Waals surface area contributed by atoms with E-state index in [4.69, 9.17) is 5.26 Å². The molecule has 0 aliphatic heterocycles. The molecule has 0 aromatic carbocycles. The Morgan fingerprint density at radius 2 is 2.13 bits per heavy atom. The molecule has 0 radical (unpaired) electrons. The molecule has 2 N–H and O–H groups in total. The van der Waals surface area contributed by atoms with Gasteiger partial charge in [-0.3, -0.25) is 4.79 Å². The van der Waals surface area contributed by atoms with E-state index >= 15 is 0 Å². The fourth-order valence-electron chi connectivity index (χ4n) is 0.728. The third kappa shape index (κ3) is 4.67. The van der Waals surface area contributed by atoms with Gasteiger partial charge in [-0.15, -0.1) is 0 Å². The van der Waals surface area contributed by atoms with Crippen LogP contribution in [0.25, 0.3) is 0 Å². The highest BCUT2D eigenvalue weighted by molar-refractivity contribution is 5.93. The summed E-state index contributed by atoms with van der Waals surface area (Å²) >= 11 is 0. The van der Waals surface area contributed by atoms with Crippen LogP contribution in [0.15, 0.2) is 11.3 Å². The lowest BCUT2D eigenvalue weighted by Gasteiger charge is -2.04. The first kappa shape index (κ1) is 13.0. The highest BCUT2D eigenvalue weighted by atomic mass is 16.5. The number of nitrogens with zero attached hydrogens (tertiary/aromatic N) is 1. The second kappa shape index (κ2) is 6.43. The summed E-state index contributed by atoms with van der Waals surface area (Å²) in [6.45, 7) is 2.68. The van der Waals surface area contributed by atoms with Crippen LogP contribution < -0.4 is 5.32 Å². The monoisotopic (exact) mass is 212 g/mol. The summed E-state index contributed by atoms with van der Waals surface area (Å²) in [4.78, 5) is 21.6. The van der Waals surface area contributed by atoms with Crippen molar-refractivity contribution in [1.82, 2.24) is 5.32 Å². The SMILES string of the molecule is CCOC(=O)/C(C#N)=C(\O)CNC(C)=O. The molecule has 1 amide bonds. The van der Waals surface area contributed by atoms with E-state index in [1.54, 1.807) is 6.92 Å². The lowest BCUT2D eigenvalue weighted by Crippen LogP contribution is -2.24. The van der Waals surface area contributed by atoms with Gasteiger partial charge in [-0.25, -0.2) is 4.79 Å². The Morgan fingerprint density at radius 1 is 1.53 bits per heavy atom. The molecule has 0 rings (SSSR count). The van der Waals surface area contributed by atoms with E-state index in [1.807, 2.05) is 0 Å². The first-order valence-electron chi connectivity index (χ1n) is 4.26. The summed E-state index contributed by atoms with van der Waals surface area (Å²) in [5.74, 6) is -1.78. The van der Waals surface area contributed by atoms with E-state index in [2.05, 4.69) is 10.1 Å². The van der Waals surface area contributed by atoms with Crippen molar-refractivity contribution >= 4 is 11.9 Å². The predicted octanol–water partition coefficient (Wildman–Crippen LogP) is 0.0213. The molecule has 0 atom stereocenters. The van der Waals surface area contributed by atoms with Gasteiger partial charge in [0.25, 0.3) is 0 Å². The van der Waals surface area contributed by atoms with Gasteiger partial charge in [-0.1, -0.05) is 0 Å². The maximum atomic E-state index is 11.1. The van der Waals surface area contributed by atoms with Crippen LogP contribution >= 0.6 is 0 Å². The zero-order valence-corrected chi connectivity index (χ0v) is 8.53. The number of nitrogens with one attached hydrogen (secondary N) is 1. The highest BCUT2D eigenvalue weighted by Gasteiger charge is 2.15. The molecule has 82 valence electrons. The minimum Gasteiger partial charge on any atom is -0.509 e. The van der Waals surface area contributed by atoms with Crippen LogP contribution in [-0.2, 0) is 14.3 Å². The number of aliphatic hydroxyl groups is 1. The Morgan fingerprint density at radius 3 is 2.53 bits per heavy atom. The van der Waals surface area contributed by atoms with Crippen molar-refractivity contribution in [2.75, 3.05) is 13.2 Å². The Bertz CT molecular complexity index is 327. The van der Waals surface area contributed by atoms with Gasteiger partial charge in [0.05, 0.1) is 13.2 Å². The van der Waals surface area contributed by atoms with E-state index in [0.29, 0.717) is 0 Å². The molecular weight excluding hydrogens is 200 g/mol. The Balaban J connectivity index is 4.61. The van der Waals surface area contributed by atoms with Crippen molar-refractivity contribution in [3.8, 4) is 6.07 Å². The van der Waals surface area contributed by atoms with E-state index in [0.717, 1.165) is 0 Å². The highest BCUT2D eigenvalue weighted by Crippen LogP contribution is 2.02. The number of carbonyl (C=O) groups is 2. The molecule has 6 nitrogen and oxygen atoms in total. The largest absolute Gasteiger partial charge is 0.509 e. The summed E-state index contributed by atoms with van der Waals surface area (Å²) in [5.41, 5.74) is -0.495. The zero-order valence-electron chi connectivity index (χ0n) is 8.53. The summed E-state index contributed by atoms with van der Waals surface area (Å²) in [5, 5.41) is 20.1. The molecular formula is C9H12N2O4. The minimum atomic E-state index is -0.900. The lowest BCUT2D eigenvalue weighted by atomic mass is 10.2. The van der Waals surface area contributed by atoms with Gasteiger partial charge in [0, 0.05) is 6.92 Å². The number of nitriles is 1. The van der Waals surface area contributed by atoms with Crippen LogP contribution in [0.1, 0.15) is 13.8 Å². The number of ether oxygens (including phenoxy) is 1.